The van der Waals surface area contributed by atoms with Crippen LogP contribution < -0.4 is 22.3 Å². The molecule has 6 heteroatoms. The minimum Gasteiger partial charge on any atom is -1.00 e. The number of fused-ring (bicyclic) bond motifs is 2. The van der Waals surface area contributed by atoms with Crippen molar-refractivity contribution in [3.8, 4) is 11.1 Å². The fraction of sp³-hybridized carbons (Fsp3) is 0.435. The number of benzene rings is 2. The maximum Gasteiger partial charge on any atom is 0.411 e. The molecule has 2 atom stereocenters. The van der Waals surface area contributed by atoms with Gasteiger partial charge in [-0.15, -0.1) is 0 Å². The van der Waals surface area contributed by atoms with Crippen molar-refractivity contribution in [1.29, 1.82) is 0 Å². The molecule has 0 radical (unpaired) electrons. The summed E-state index contributed by atoms with van der Waals surface area (Å²) in [6, 6.07) is 16.1. The number of hydrogen-bond acceptors (Lipinski definition) is 2. The third-order valence-corrected chi connectivity index (χ3v) is 7.26. The minimum absolute atomic E-state index is 0. The first-order valence-electron chi connectivity index (χ1n) is 10.0. The zero-order valence-corrected chi connectivity index (χ0v) is 19.3. The molecule has 4 rings (SSSR count). The van der Waals surface area contributed by atoms with Crippen LogP contribution in [-0.4, -0.2) is 42.9 Å². The Morgan fingerprint density at radius 2 is 1.97 bits per heavy atom. The van der Waals surface area contributed by atoms with Gasteiger partial charge in [0.15, 0.2) is 0 Å². The fourth-order valence-corrected chi connectivity index (χ4v) is 5.33. The third kappa shape index (κ3) is 4.18. The number of amides is 1. The van der Waals surface area contributed by atoms with E-state index in [-0.39, 0.29) is 22.5 Å². The number of quaternary nitrogens is 1. The van der Waals surface area contributed by atoms with E-state index in [1.807, 2.05) is 48.5 Å². The van der Waals surface area contributed by atoms with Crippen molar-refractivity contribution >= 4 is 23.4 Å². The van der Waals surface area contributed by atoms with Gasteiger partial charge in [-0.3, -0.25) is 5.32 Å². The molecule has 0 aromatic heterocycles. The summed E-state index contributed by atoms with van der Waals surface area (Å²) in [4.78, 5) is 12.6. The maximum absolute atomic E-state index is 12.6. The first-order valence-corrected chi connectivity index (χ1v) is 10.4. The van der Waals surface area contributed by atoms with Crippen LogP contribution in [0.25, 0.3) is 11.1 Å². The predicted molar refractivity (Wildman–Crippen MR) is 114 cm³/mol. The highest BCUT2D eigenvalue weighted by Gasteiger charge is 2.58. The highest BCUT2D eigenvalue weighted by molar-refractivity contribution is 6.30. The lowest BCUT2D eigenvalue weighted by atomic mass is 9.87. The van der Waals surface area contributed by atoms with Crippen molar-refractivity contribution in [1.82, 2.24) is 0 Å². The average Bonchev–Trinajstić information content (AvgIpc) is 2.83. The number of carbonyl (C=O) groups is 1. The first-order chi connectivity index (χ1) is 13.4. The number of para-hydroxylation sites is 1. The van der Waals surface area contributed by atoms with E-state index < -0.39 is 6.09 Å². The van der Waals surface area contributed by atoms with Crippen molar-refractivity contribution in [2.45, 2.75) is 43.7 Å². The summed E-state index contributed by atoms with van der Waals surface area (Å²) in [6.07, 6.45) is 5.62. The minimum atomic E-state index is -0.391. The number of piperidine rings is 1. The van der Waals surface area contributed by atoms with Crippen molar-refractivity contribution in [2.75, 3.05) is 26.0 Å². The van der Waals surface area contributed by atoms with E-state index >= 15 is 0 Å². The molecule has 2 aromatic carbocycles. The quantitative estimate of drug-likeness (QED) is 0.685. The van der Waals surface area contributed by atoms with Gasteiger partial charge in [0.25, 0.3) is 0 Å². The highest BCUT2D eigenvalue weighted by atomic mass is 79.9. The third-order valence-electron chi connectivity index (χ3n) is 7.03. The van der Waals surface area contributed by atoms with Gasteiger partial charge in [0, 0.05) is 29.8 Å². The predicted octanol–water partition coefficient (Wildman–Crippen LogP) is 2.72. The van der Waals surface area contributed by atoms with Gasteiger partial charge in [0.1, 0.15) is 12.1 Å². The number of likely N-dealkylation sites (N-methyl/N-ethyl adjacent to an activating group) is 1. The largest absolute Gasteiger partial charge is 1.00 e. The van der Waals surface area contributed by atoms with Gasteiger partial charge in [-0.05, 0) is 36.6 Å². The van der Waals surface area contributed by atoms with Crippen LogP contribution in [0.4, 0.5) is 10.5 Å². The van der Waals surface area contributed by atoms with Crippen LogP contribution >= 0.6 is 11.6 Å². The molecule has 2 aliphatic heterocycles. The number of hydrogen-bond donors (Lipinski definition) is 1. The highest BCUT2D eigenvalue weighted by Crippen LogP contribution is 2.48. The van der Waals surface area contributed by atoms with Gasteiger partial charge in [0.05, 0.1) is 25.8 Å². The van der Waals surface area contributed by atoms with Crippen molar-refractivity contribution in [3.63, 3.8) is 0 Å². The van der Waals surface area contributed by atoms with E-state index in [1.165, 1.54) is 19.3 Å². The van der Waals surface area contributed by atoms with E-state index in [4.69, 9.17) is 16.3 Å². The molecule has 29 heavy (non-hydrogen) atoms. The number of ether oxygens (including phenoxy) is 1. The molecule has 2 aromatic rings. The van der Waals surface area contributed by atoms with Crippen LogP contribution in [0.2, 0.25) is 5.02 Å². The van der Waals surface area contributed by atoms with Crippen LogP contribution in [0.15, 0.2) is 48.5 Å². The van der Waals surface area contributed by atoms with Crippen LogP contribution in [0, 0.1) is 0 Å². The molecule has 2 saturated heterocycles. The van der Waals surface area contributed by atoms with Gasteiger partial charge < -0.3 is 26.2 Å². The number of nitrogens with zero attached hydrogens (tertiary/aromatic N) is 1. The summed E-state index contributed by atoms with van der Waals surface area (Å²) < 4.78 is 6.74. The summed E-state index contributed by atoms with van der Waals surface area (Å²) in [6.45, 7) is 0.474. The number of anilines is 1. The molecule has 1 amide bonds. The lowest BCUT2D eigenvalue weighted by Gasteiger charge is -2.49. The second-order valence-corrected chi connectivity index (χ2v) is 9.04. The Labute approximate surface area is 188 Å². The topological polar surface area (TPSA) is 38.3 Å². The van der Waals surface area contributed by atoms with E-state index in [9.17, 15) is 4.79 Å². The monoisotopic (exact) mass is 478 g/mol. The SMILES string of the molecule is C[N+]1(C)C2CCCC1(COC(=O)Nc1ccccc1-c1cccc(Cl)c1)CC2.[Br-]. The molecule has 2 fully saturated rings. The standard InChI is InChI=1S/C23H27ClN2O2.BrH/c1-26(2)19-9-6-13-23(26,14-12-19)16-28-22(27)25-21-11-4-3-10-20(21)17-7-5-8-18(24)15-17;/h3-5,7-8,10-11,15,19H,6,9,12-14,16H2,1-2H3;1H. The maximum atomic E-state index is 12.6. The molecule has 4 nitrogen and oxygen atoms in total. The van der Waals surface area contributed by atoms with E-state index in [1.54, 1.807) is 0 Å². The summed E-state index contributed by atoms with van der Waals surface area (Å²) >= 11 is 6.14. The molecule has 2 unspecified atom stereocenters. The number of carbonyl (C=O) groups excluding carboxylic acids is 1. The molecule has 0 saturated carbocycles. The van der Waals surface area contributed by atoms with Gasteiger partial charge in [-0.25, -0.2) is 4.79 Å². The fourth-order valence-electron chi connectivity index (χ4n) is 5.14. The summed E-state index contributed by atoms with van der Waals surface area (Å²) in [5.74, 6) is 0. The zero-order valence-electron chi connectivity index (χ0n) is 17.0. The van der Waals surface area contributed by atoms with Gasteiger partial charge in [-0.1, -0.05) is 41.9 Å². The molecule has 2 heterocycles. The molecular formula is C23H28BrClN2O2. The second kappa shape index (κ2) is 8.66. The lowest BCUT2D eigenvalue weighted by molar-refractivity contribution is -0.956. The summed E-state index contributed by atoms with van der Waals surface area (Å²) in [7, 11) is 4.60. The molecule has 2 bridgehead atoms. The lowest BCUT2D eigenvalue weighted by Crippen LogP contribution is -3.00. The zero-order chi connectivity index (χ0) is 19.8. The van der Waals surface area contributed by atoms with Gasteiger partial charge in [0.2, 0.25) is 0 Å². The average molecular weight is 480 g/mol. The van der Waals surface area contributed by atoms with Gasteiger partial charge in [-0.2, -0.15) is 0 Å². The Kier molecular flexibility index (Phi) is 6.61. The first kappa shape index (κ1) is 22.1. The van der Waals surface area contributed by atoms with Gasteiger partial charge >= 0.3 is 6.09 Å². The number of nitrogens with one attached hydrogen (secondary N) is 1. The molecular weight excluding hydrogens is 452 g/mol. The van der Waals surface area contributed by atoms with Crippen molar-refractivity contribution in [2.24, 2.45) is 0 Å². The molecule has 0 aliphatic carbocycles. The molecule has 1 N–H and O–H groups in total. The Bertz CT molecular complexity index is 885. The summed E-state index contributed by atoms with van der Waals surface area (Å²) in [5.41, 5.74) is 2.68. The van der Waals surface area contributed by atoms with Crippen LogP contribution in [0.1, 0.15) is 32.1 Å². The second-order valence-electron chi connectivity index (χ2n) is 8.61. The van der Waals surface area contributed by atoms with Crippen LogP contribution in [-0.2, 0) is 4.74 Å². The van der Waals surface area contributed by atoms with Crippen molar-refractivity contribution in [3.05, 3.63) is 53.6 Å². The number of rotatable bonds is 4. The number of halogens is 2. The Balaban J connectivity index is 0.00000240. The Hall–Kier alpha value is -1.56. The molecule has 2 aliphatic rings. The smallest absolute Gasteiger partial charge is 0.411 e. The molecule has 0 spiro atoms. The van der Waals surface area contributed by atoms with E-state index in [0.717, 1.165) is 34.1 Å². The Morgan fingerprint density at radius 1 is 1.17 bits per heavy atom. The normalized spacial score (nSPS) is 24.4. The summed E-state index contributed by atoms with van der Waals surface area (Å²) in [5, 5.41) is 3.61. The van der Waals surface area contributed by atoms with Crippen LogP contribution in [0.5, 0.6) is 0 Å². The van der Waals surface area contributed by atoms with E-state index in [0.29, 0.717) is 17.7 Å². The van der Waals surface area contributed by atoms with Crippen LogP contribution in [0.3, 0.4) is 0 Å². The molecule has 156 valence electrons. The Morgan fingerprint density at radius 3 is 2.76 bits per heavy atom. The van der Waals surface area contributed by atoms with E-state index in [2.05, 4.69) is 19.4 Å². The van der Waals surface area contributed by atoms with Crippen molar-refractivity contribution < 1.29 is 31.0 Å².